The summed E-state index contributed by atoms with van der Waals surface area (Å²) >= 11 is 0. The molecule has 0 aliphatic carbocycles. The van der Waals surface area contributed by atoms with Gasteiger partial charge in [0.25, 0.3) is 0 Å². The molecule has 22 heavy (non-hydrogen) atoms. The summed E-state index contributed by atoms with van der Waals surface area (Å²) in [7, 11) is 3.39. The molecule has 0 atom stereocenters. The highest BCUT2D eigenvalue weighted by Gasteiger charge is 2.20. The summed E-state index contributed by atoms with van der Waals surface area (Å²) in [4.78, 5) is 11.2. The first-order chi connectivity index (χ1) is 10.7. The lowest BCUT2D eigenvalue weighted by atomic mass is 10.1. The van der Waals surface area contributed by atoms with E-state index in [0.717, 1.165) is 48.9 Å². The van der Waals surface area contributed by atoms with E-state index in [2.05, 4.69) is 14.9 Å². The van der Waals surface area contributed by atoms with E-state index in [9.17, 15) is 0 Å². The number of aryl methyl sites for hydroxylation is 1. The first-order valence-electron chi connectivity index (χ1n) is 7.45. The third kappa shape index (κ3) is 2.90. The van der Waals surface area contributed by atoms with Crippen molar-refractivity contribution in [2.45, 2.75) is 26.4 Å². The van der Waals surface area contributed by atoms with Crippen LogP contribution in [0.2, 0.25) is 0 Å². The van der Waals surface area contributed by atoms with Gasteiger partial charge in [-0.2, -0.15) is 0 Å². The minimum absolute atomic E-state index is 0.792. The lowest BCUT2D eigenvalue weighted by molar-refractivity contribution is 0.235. The van der Waals surface area contributed by atoms with Crippen LogP contribution >= 0.6 is 0 Å². The smallest absolute Gasteiger partial charge is 0.127 e. The number of fused-ring (bicyclic) bond motifs is 1. The van der Waals surface area contributed by atoms with Crippen molar-refractivity contribution < 1.29 is 9.47 Å². The highest BCUT2D eigenvalue weighted by Crippen LogP contribution is 2.30. The molecule has 0 N–H and O–H groups in total. The van der Waals surface area contributed by atoms with E-state index >= 15 is 0 Å². The van der Waals surface area contributed by atoms with E-state index in [1.165, 1.54) is 11.3 Å². The summed E-state index contributed by atoms with van der Waals surface area (Å²) in [5.41, 5.74) is 3.48. The first-order valence-corrected chi connectivity index (χ1v) is 7.45. The quantitative estimate of drug-likeness (QED) is 0.867. The van der Waals surface area contributed by atoms with Gasteiger partial charge in [0.2, 0.25) is 0 Å². The van der Waals surface area contributed by atoms with Gasteiger partial charge in [-0.15, -0.1) is 0 Å². The largest absolute Gasteiger partial charge is 0.496 e. The maximum absolute atomic E-state index is 5.48. The minimum Gasteiger partial charge on any atom is -0.496 e. The molecule has 5 heteroatoms. The normalized spacial score (nSPS) is 14.5. The van der Waals surface area contributed by atoms with Crippen molar-refractivity contribution in [2.24, 2.45) is 0 Å². The fraction of sp³-hybridized carbons (Fsp3) is 0.412. The average Bonchev–Trinajstić information content (AvgIpc) is 2.55. The Hall–Kier alpha value is -2.14. The zero-order valence-corrected chi connectivity index (χ0v) is 13.3. The lowest BCUT2D eigenvalue weighted by Crippen LogP contribution is -2.31. The van der Waals surface area contributed by atoms with Gasteiger partial charge in [0.15, 0.2) is 0 Å². The Morgan fingerprint density at radius 3 is 2.59 bits per heavy atom. The molecule has 1 aromatic carbocycles. The van der Waals surface area contributed by atoms with Gasteiger partial charge in [-0.25, -0.2) is 9.97 Å². The number of hydrogen-bond donors (Lipinski definition) is 0. The molecule has 0 saturated heterocycles. The van der Waals surface area contributed by atoms with Gasteiger partial charge < -0.3 is 9.47 Å². The van der Waals surface area contributed by atoms with Crippen LogP contribution in [-0.2, 0) is 19.5 Å². The van der Waals surface area contributed by atoms with E-state index in [1.807, 2.05) is 31.3 Å². The van der Waals surface area contributed by atoms with Crippen LogP contribution in [0.4, 0.5) is 0 Å². The molecule has 1 aliphatic heterocycles. The van der Waals surface area contributed by atoms with E-state index in [4.69, 9.17) is 9.47 Å². The Morgan fingerprint density at radius 1 is 1.18 bits per heavy atom. The Labute approximate surface area is 130 Å². The van der Waals surface area contributed by atoms with Gasteiger partial charge in [-0.1, -0.05) is 6.07 Å². The summed E-state index contributed by atoms with van der Waals surface area (Å²) in [6.07, 6.45) is 2.90. The van der Waals surface area contributed by atoms with Gasteiger partial charge in [-0.05, 0) is 19.1 Å². The van der Waals surface area contributed by atoms with Gasteiger partial charge in [-0.3, -0.25) is 4.90 Å². The molecule has 2 heterocycles. The summed E-state index contributed by atoms with van der Waals surface area (Å²) in [5, 5.41) is 0. The van der Waals surface area contributed by atoms with Crippen LogP contribution in [0.15, 0.2) is 24.4 Å². The van der Waals surface area contributed by atoms with E-state index in [-0.39, 0.29) is 0 Å². The second-order valence-corrected chi connectivity index (χ2v) is 5.49. The fourth-order valence-corrected chi connectivity index (χ4v) is 2.92. The molecule has 1 aliphatic rings. The van der Waals surface area contributed by atoms with Gasteiger partial charge >= 0.3 is 0 Å². The Balaban J connectivity index is 1.82. The third-order valence-electron chi connectivity index (χ3n) is 4.05. The van der Waals surface area contributed by atoms with Crippen LogP contribution in [-0.4, -0.2) is 35.6 Å². The number of aromatic nitrogens is 2. The Kier molecular flexibility index (Phi) is 4.24. The van der Waals surface area contributed by atoms with Crippen molar-refractivity contribution in [3.63, 3.8) is 0 Å². The molecule has 0 bridgehead atoms. The van der Waals surface area contributed by atoms with Gasteiger partial charge in [0.05, 0.1) is 19.8 Å². The number of hydrogen-bond acceptors (Lipinski definition) is 5. The Morgan fingerprint density at radius 2 is 1.91 bits per heavy atom. The molecule has 0 radical (unpaired) electrons. The summed E-state index contributed by atoms with van der Waals surface area (Å²) in [6, 6.07) is 5.90. The zero-order chi connectivity index (χ0) is 15.5. The molecule has 0 fully saturated rings. The summed E-state index contributed by atoms with van der Waals surface area (Å²) in [5.74, 6) is 2.58. The molecular weight excluding hydrogens is 278 g/mol. The second kappa shape index (κ2) is 6.32. The lowest BCUT2D eigenvalue weighted by Gasteiger charge is -2.29. The van der Waals surface area contributed by atoms with Crippen LogP contribution in [0.1, 0.15) is 22.6 Å². The van der Waals surface area contributed by atoms with Crippen molar-refractivity contribution in [1.82, 2.24) is 14.9 Å². The van der Waals surface area contributed by atoms with Gasteiger partial charge in [0.1, 0.15) is 17.3 Å². The van der Waals surface area contributed by atoms with Crippen molar-refractivity contribution in [1.29, 1.82) is 0 Å². The van der Waals surface area contributed by atoms with Crippen molar-refractivity contribution in [2.75, 3.05) is 20.8 Å². The number of rotatable bonds is 4. The monoisotopic (exact) mass is 299 g/mol. The predicted molar refractivity (Wildman–Crippen MR) is 84.1 cm³/mol. The molecule has 0 amide bonds. The van der Waals surface area contributed by atoms with Crippen LogP contribution in [0.25, 0.3) is 0 Å². The number of nitrogens with zero attached hydrogens (tertiary/aromatic N) is 3. The van der Waals surface area contributed by atoms with Crippen molar-refractivity contribution in [3.05, 3.63) is 47.0 Å². The maximum Gasteiger partial charge on any atom is 0.127 e. The number of methoxy groups -OCH3 is 2. The van der Waals surface area contributed by atoms with E-state index in [0.29, 0.717) is 0 Å². The summed E-state index contributed by atoms with van der Waals surface area (Å²) < 4.78 is 11.0. The predicted octanol–water partition coefficient (Wildman–Crippen LogP) is 2.36. The first kappa shape index (κ1) is 14.8. The highest BCUT2D eigenvalue weighted by molar-refractivity contribution is 5.44. The molecule has 3 rings (SSSR count). The van der Waals surface area contributed by atoms with Gasteiger partial charge in [0, 0.05) is 43.5 Å². The molecule has 0 unspecified atom stereocenters. The SMILES string of the molecule is COc1cccc(OC)c1CN1CCc2nc(C)ncc2C1. The Bertz CT molecular complexity index is 651. The fourth-order valence-electron chi connectivity index (χ4n) is 2.92. The number of benzene rings is 1. The topological polar surface area (TPSA) is 47.5 Å². The van der Waals surface area contributed by atoms with Crippen LogP contribution < -0.4 is 9.47 Å². The van der Waals surface area contributed by atoms with E-state index < -0.39 is 0 Å². The van der Waals surface area contributed by atoms with Crippen LogP contribution in [0.3, 0.4) is 0 Å². The molecule has 5 nitrogen and oxygen atoms in total. The molecular formula is C17H21N3O2. The maximum atomic E-state index is 5.48. The average molecular weight is 299 g/mol. The molecule has 116 valence electrons. The van der Waals surface area contributed by atoms with Crippen LogP contribution in [0, 0.1) is 6.92 Å². The molecule has 2 aromatic rings. The minimum atomic E-state index is 0.792. The zero-order valence-electron chi connectivity index (χ0n) is 13.3. The molecule has 0 spiro atoms. The van der Waals surface area contributed by atoms with Crippen LogP contribution in [0.5, 0.6) is 11.5 Å². The molecule has 0 saturated carbocycles. The van der Waals surface area contributed by atoms with Crippen molar-refractivity contribution in [3.8, 4) is 11.5 Å². The third-order valence-corrected chi connectivity index (χ3v) is 4.05. The second-order valence-electron chi connectivity index (χ2n) is 5.49. The molecule has 1 aromatic heterocycles. The number of ether oxygens (including phenoxy) is 2. The summed E-state index contributed by atoms with van der Waals surface area (Å²) in [6.45, 7) is 4.56. The van der Waals surface area contributed by atoms with Crippen molar-refractivity contribution >= 4 is 0 Å². The van der Waals surface area contributed by atoms with E-state index in [1.54, 1.807) is 14.2 Å². The highest BCUT2D eigenvalue weighted by atomic mass is 16.5. The standard InChI is InChI=1S/C17H21N3O2/c1-12-18-9-13-10-20(8-7-15(13)19-12)11-14-16(21-2)5-4-6-17(14)22-3/h4-6,9H,7-8,10-11H2,1-3H3.